The van der Waals surface area contributed by atoms with Crippen LogP contribution in [0.3, 0.4) is 0 Å². The summed E-state index contributed by atoms with van der Waals surface area (Å²) in [7, 11) is 0. The zero-order valence-corrected chi connectivity index (χ0v) is 12.9. The van der Waals surface area contributed by atoms with E-state index in [4.69, 9.17) is 34.8 Å². The van der Waals surface area contributed by atoms with Crippen molar-refractivity contribution in [3.8, 4) is 0 Å². The molecule has 0 nitrogen and oxygen atoms in total. The monoisotopic (exact) mass is 332 g/mol. The first-order valence-electron chi connectivity index (χ1n) is 5.21. The van der Waals surface area contributed by atoms with Crippen molar-refractivity contribution in [3.63, 3.8) is 0 Å². The van der Waals surface area contributed by atoms with E-state index in [0.29, 0.717) is 10.0 Å². The maximum Gasteiger partial charge on any atom is 0.0942 e. The van der Waals surface area contributed by atoms with Gasteiger partial charge in [-0.1, -0.05) is 29.3 Å². The van der Waals surface area contributed by atoms with E-state index >= 15 is 0 Å². The van der Waals surface area contributed by atoms with Crippen molar-refractivity contribution in [2.24, 2.45) is 0 Å². The number of halogens is 3. The summed E-state index contributed by atoms with van der Waals surface area (Å²) < 4.78 is 2.54. The molecule has 1 unspecified atom stereocenters. The fourth-order valence-corrected chi connectivity index (χ4v) is 4.85. The molecule has 92 valence electrons. The Labute approximate surface area is 128 Å². The highest BCUT2D eigenvalue weighted by molar-refractivity contribution is 7.27. The SMILES string of the molecule is Clc1ccc(C(Cl)c2cc3sccc3s2)c(Cl)c1. The van der Waals surface area contributed by atoms with Gasteiger partial charge in [-0.2, -0.15) is 0 Å². The van der Waals surface area contributed by atoms with Gasteiger partial charge in [0.2, 0.25) is 0 Å². The molecule has 0 N–H and O–H groups in total. The Balaban J connectivity index is 2.03. The third kappa shape index (κ3) is 2.28. The molecule has 0 saturated heterocycles. The van der Waals surface area contributed by atoms with Gasteiger partial charge in [0.15, 0.2) is 0 Å². The van der Waals surface area contributed by atoms with Gasteiger partial charge in [0.05, 0.1) is 5.38 Å². The van der Waals surface area contributed by atoms with Crippen molar-refractivity contribution in [3.05, 3.63) is 56.2 Å². The molecule has 0 fully saturated rings. The van der Waals surface area contributed by atoms with Crippen LogP contribution in [-0.2, 0) is 0 Å². The molecule has 5 heteroatoms. The number of rotatable bonds is 2. The minimum absolute atomic E-state index is 0.223. The molecular weight excluding hydrogens is 327 g/mol. The Kier molecular flexibility index (Phi) is 3.57. The molecule has 0 aliphatic heterocycles. The summed E-state index contributed by atoms with van der Waals surface area (Å²) in [5.41, 5.74) is 0.900. The van der Waals surface area contributed by atoms with Crippen LogP contribution in [0.1, 0.15) is 15.8 Å². The van der Waals surface area contributed by atoms with Crippen LogP contribution in [0.4, 0.5) is 0 Å². The molecule has 18 heavy (non-hydrogen) atoms. The molecule has 3 rings (SSSR count). The Morgan fingerprint density at radius 1 is 1.00 bits per heavy atom. The zero-order chi connectivity index (χ0) is 12.7. The van der Waals surface area contributed by atoms with Gasteiger partial charge in [0.25, 0.3) is 0 Å². The average Bonchev–Trinajstić information content (AvgIpc) is 2.87. The first kappa shape index (κ1) is 12.8. The predicted octanol–water partition coefficient (Wildman–Crippen LogP) is 6.60. The molecule has 0 amide bonds. The molecule has 0 radical (unpaired) electrons. The summed E-state index contributed by atoms with van der Waals surface area (Å²) in [5, 5.41) is 3.10. The van der Waals surface area contributed by atoms with Gasteiger partial charge in [0, 0.05) is 24.3 Å². The fourth-order valence-electron chi connectivity index (χ4n) is 1.77. The molecule has 0 aliphatic carbocycles. The topological polar surface area (TPSA) is 0 Å². The lowest BCUT2D eigenvalue weighted by atomic mass is 10.1. The van der Waals surface area contributed by atoms with Crippen LogP contribution in [0.15, 0.2) is 35.7 Å². The summed E-state index contributed by atoms with van der Waals surface area (Å²) in [6.45, 7) is 0. The molecule has 1 atom stereocenters. The van der Waals surface area contributed by atoms with E-state index in [9.17, 15) is 0 Å². The molecule has 0 saturated carbocycles. The number of thiophene rings is 2. The van der Waals surface area contributed by atoms with Gasteiger partial charge in [-0.05, 0) is 35.2 Å². The molecular formula is C13H7Cl3S2. The molecule has 3 aromatic rings. The standard InChI is InChI=1S/C13H7Cl3S2/c14-7-1-2-8(9(15)5-7)13(16)12-6-11-10(18-12)3-4-17-11/h1-6,13H. The maximum absolute atomic E-state index is 6.51. The first-order valence-corrected chi connectivity index (χ1v) is 8.10. The van der Waals surface area contributed by atoms with Crippen LogP contribution < -0.4 is 0 Å². The Bertz CT molecular complexity index is 671. The Morgan fingerprint density at radius 3 is 2.56 bits per heavy atom. The Hall–Kier alpha value is -0.250. The highest BCUT2D eigenvalue weighted by Crippen LogP contribution is 2.41. The number of hydrogen-bond donors (Lipinski definition) is 0. The van der Waals surface area contributed by atoms with Crippen molar-refractivity contribution in [2.75, 3.05) is 0 Å². The van der Waals surface area contributed by atoms with Crippen molar-refractivity contribution >= 4 is 66.9 Å². The van der Waals surface area contributed by atoms with Crippen LogP contribution in [0.5, 0.6) is 0 Å². The maximum atomic E-state index is 6.51. The van der Waals surface area contributed by atoms with Gasteiger partial charge in [0.1, 0.15) is 0 Å². The van der Waals surface area contributed by atoms with Gasteiger partial charge < -0.3 is 0 Å². The molecule has 0 spiro atoms. The van der Waals surface area contributed by atoms with E-state index in [1.54, 1.807) is 28.7 Å². The normalized spacial score (nSPS) is 13.1. The molecule has 0 bridgehead atoms. The summed E-state index contributed by atoms with van der Waals surface area (Å²) in [6, 6.07) is 9.67. The van der Waals surface area contributed by atoms with Crippen LogP contribution >= 0.6 is 57.5 Å². The number of hydrogen-bond acceptors (Lipinski definition) is 2. The predicted molar refractivity (Wildman–Crippen MR) is 83.9 cm³/mol. The number of alkyl halides is 1. The quantitative estimate of drug-likeness (QED) is 0.463. The van der Waals surface area contributed by atoms with Gasteiger partial charge in [-0.3, -0.25) is 0 Å². The van der Waals surface area contributed by atoms with Crippen LogP contribution in [0.25, 0.3) is 9.40 Å². The second-order valence-corrected chi connectivity index (χ2v) is 7.17. The highest BCUT2D eigenvalue weighted by atomic mass is 35.5. The molecule has 0 aliphatic rings. The summed E-state index contributed by atoms with van der Waals surface area (Å²) in [6.07, 6.45) is 0. The van der Waals surface area contributed by atoms with Crippen molar-refractivity contribution in [1.29, 1.82) is 0 Å². The van der Waals surface area contributed by atoms with E-state index in [-0.39, 0.29) is 5.38 Å². The second kappa shape index (κ2) is 5.03. The minimum Gasteiger partial charge on any atom is -0.143 e. The summed E-state index contributed by atoms with van der Waals surface area (Å²) >= 11 is 22.0. The number of fused-ring (bicyclic) bond motifs is 1. The highest BCUT2D eigenvalue weighted by Gasteiger charge is 2.17. The smallest absolute Gasteiger partial charge is 0.0942 e. The van der Waals surface area contributed by atoms with Crippen LogP contribution in [0, 0.1) is 0 Å². The van der Waals surface area contributed by atoms with Crippen molar-refractivity contribution in [1.82, 2.24) is 0 Å². The largest absolute Gasteiger partial charge is 0.143 e. The van der Waals surface area contributed by atoms with Crippen molar-refractivity contribution in [2.45, 2.75) is 5.38 Å². The Morgan fingerprint density at radius 2 is 1.83 bits per heavy atom. The van der Waals surface area contributed by atoms with Crippen LogP contribution in [0.2, 0.25) is 10.0 Å². The zero-order valence-electron chi connectivity index (χ0n) is 8.99. The summed E-state index contributed by atoms with van der Waals surface area (Å²) in [5.74, 6) is 0. The molecule has 1 aromatic carbocycles. The van der Waals surface area contributed by atoms with Gasteiger partial charge in [-0.25, -0.2) is 0 Å². The van der Waals surface area contributed by atoms with E-state index in [1.807, 2.05) is 12.1 Å². The molecule has 2 aromatic heterocycles. The lowest BCUT2D eigenvalue weighted by Crippen LogP contribution is -1.91. The average molecular weight is 334 g/mol. The second-order valence-electron chi connectivity index (χ2n) is 3.83. The third-order valence-corrected chi connectivity index (χ3v) is 5.96. The fraction of sp³-hybridized carbons (Fsp3) is 0.0769. The lowest BCUT2D eigenvalue weighted by molar-refractivity contribution is 1.19. The van der Waals surface area contributed by atoms with E-state index in [0.717, 1.165) is 10.4 Å². The van der Waals surface area contributed by atoms with Gasteiger partial charge >= 0.3 is 0 Å². The van der Waals surface area contributed by atoms with E-state index < -0.39 is 0 Å². The van der Waals surface area contributed by atoms with Crippen LogP contribution in [-0.4, -0.2) is 0 Å². The summed E-state index contributed by atoms with van der Waals surface area (Å²) in [4.78, 5) is 1.11. The minimum atomic E-state index is -0.223. The van der Waals surface area contributed by atoms with Crippen molar-refractivity contribution < 1.29 is 0 Å². The first-order chi connectivity index (χ1) is 8.65. The third-order valence-electron chi connectivity index (χ3n) is 2.64. The van der Waals surface area contributed by atoms with Gasteiger partial charge in [-0.15, -0.1) is 34.3 Å². The molecule has 2 heterocycles. The van der Waals surface area contributed by atoms with E-state index in [2.05, 4.69) is 17.5 Å². The lowest BCUT2D eigenvalue weighted by Gasteiger charge is -2.09. The number of benzene rings is 1. The van der Waals surface area contributed by atoms with E-state index in [1.165, 1.54) is 9.40 Å².